The van der Waals surface area contributed by atoms with Crippen molar-refractivity contribution in [2.75, 3.05) is 0 Å². The lowest BCUT2D eigenvalue weighted by Gasteiger charge is -2.23. The Morgan fingerprint density at radius 2 is 2.20 bits per heavy atom. The van der Waals surface area contributed by atoms with E-state index in [1.807, 2.05) is 0 Å². The van der Waals surface area contributed by atoms with E-state index in [4.69, 9.17) is 9.84 Å². The topological polar surface area (TPSA) is 63.6 Å². The number of hydrogen-bond donors (Lipinski definition) is 1. The van der Waals surface area contributed by atoms with Gasteiger partial charge in [0, 0.05) is 6.42 Å². The van der Waals surface area contributed by atoms with Gasteiger partial charge in [-0.25, -0.2) is 0 Å². The fourth-order valence-electron chi connectivity index (χ4n) is 1.65. The number of hydrogen-bond acceptors (Lipinski definition) is 3. The summed E-state index contributed by atoms with van der Waals surface area (Å²) in [6.07, 6.45) is -0.534. The molecule has 1 aromatic carbocycles. The quantitative estimate of drug-likeness (QED) is 0.796. The van der Waals surface area contributed by atoms with Crippen LogP contribution in [0.5, 0.6) is 5.75 Å². The Kier molecular flexibility index (Phi) is 2.41. The number of carbonyl (C=O) groups excluding carboxylic acids is 1. The first-order chi connectivity index (χ1) is 7.16. The first-order valence-corrected chi connectivity index (χ1v) is 4.67. The number of carbonyl (C=O) groups is 2. The molecule has 0 spiro atoms. The Morgan fingerprint density at radius 1 is 1.47 bits per heavy atom. The molecule has 1 unspecified atom stereocenters. The van der Waals surface area contributed by atoms with E-state index in [1.165, 1.54) is 0 Å². The fourth-order valence-corrected chi connectivity index (χ4v) is 1.65. The molecule has 1 aromatic rings. The molecule has 0 amide bonds. The predicted octanol–water partition coefficient (Wildman–Crippen LogP) is 1.50. The summed E-state index contributed by atoms with van der Waals surface area (Å²) in [5.74, 6) is -0.518. The summed E-state index contributed by atoms with van der Waals surface area (Å²) < 4.78 is 5.41. The minimum absolute atomic E-state index is 0.0527. The van der Waals surface area contributed by atoms with Crippen molar-refractivity contribution in [1.29, 1.82) is 0 Å². The van der Waals surface area contributed by atoms with Crippen LogP contribution in [-0.2, 0) is 4.79 Å². The molecule has 1 N–H and O–H groups in total. The average Bonchev–Trinajstić information content (AvgIpc) is 2.16. The number of ether oxygens (including phenoxy) is 1. The van der Waals surface area contributed by atoms with Gasteiger partial charge in [-0.15, -0.1) is 0 Å². The Morgan fingerprint density at radius 3 is 2.93 bits per heavy atom. The number of rotatable bonds is 2. The van der Waals surface area contributed by atoms with Crippen molar-refractivity contribution >= 4 is 11.8 Å². The Labute approximate surface area is 86.5 Å². The lowest BCUT2D eigenvalue weighted by Crippen LogP contribution is -2.29. The van der Waals surface area contributed by atoms with Gasteiger partial charge >= 0.3 is 5.97 Å². The third kappa shape index (κ3) is 1.98. The van der Waals surface area contributed by atoms with Crippen molar-refractivity contribution in [3.63, 3.8) is 0 Å². The molecule has 0 saturated carbocycles. The number of para-hydroxylation sites is 1. The second kappa shape index (κ2) is 3.73. The summed E-state index contributed by atoms with van der Waals surface area (Å²) in [7, 11) is 0. The van der Waals surface area contributed by atoms with Crippen LogP contribution >= 0.6 is 0 Å². The maximum Gasteiger partial charge on any atom is 0.307 e. The Balaban J connectivity index is 2.23. The van der Waals surface area contributed by atoms with Crippen LogP contribution in [0.3, 0.4) is 0 Å². The number of benzene rings is 1. The molecule has 4 heteroatoms. The zero-order valence-corrected chi connectivity index (χ0v) is 7.97. The van der Waals surface area contributed by atoms with E-state index in [-0.39, 0.29) is 18.6 Å². The summed E-state index contributed by atoms with van der Waals surface area (Å²) in [6.45, 7) is 0. The first-order valence-electron chi connectivity index (χ1n) is 4.67. The maximum absolute atomic E-state index is 11.6. The molecule has 0 saturated heterocycles. The number of ketones is 1. The molecule has 0 aliphatic carbocycles. The minimum Gasteiger partial charge on any atom is -0.489 e. The van der Waals surface area contributed by atoms with Crippen molar-refractivity contribution in [3.8, 4) is 5.75 Å². The largest absolute Gasteiger partial charge is 0.489 e. The van der Waals surface area contributed by atoms with E-state index in [0.29, 0.717) is 11.3 Å². The van der Waals surface area contributed by atoms with Crippen molar-refractivity contribution < 1.29 is 19.4 Å². The molecule has 0 bridgehead atoms. The number of carboxylic acids is 1. The number of Topliss-reactive ketones (excluding diaryl/α,β-unsaturated/α-hetero) is 1. The third-order valence-electron chi connectivity index (χ3n) is 2.30. The van der Waals surface area contributed by atoms with Gasteiger partial charge in [-0.2, -0.15) is 0 Å². The molecule has 0 aromatic heterocycles. The molecule has 0 radical (unpaired) electrons. The fraction of sp³-hybridized carbons (Fsp3) is 0.273. The van der Waals surface area contributed by atoms with Crippen LogP contribution in [0.25, 0.3) is 0 Å². The van der Waals surface area contributed by atoms with E-state index in [1.54, 1.807) is 24.3 Å². The molecule has 15 heavy (non-hydrogen) atoms. The van der Waals surface area contributed by atoms with Crippen LogP contribution in [0.2, 0.25) is 0 Å². The van der Waals surface area contributed by atoms with Crippen molar-refractivity contribution in [1.82, 2.24) is 0 Å². The molecule has 2 rings (SSSR count). The van der Waals surface area contributed by atoms with Crippen molar-refractivity contribution in [2.45, 2.75) is 18.9 Å². The monoisotopic (exact) mass is 206 g/mol. The number of fused-ring (bicyclic) bond motifs is 1. The van der Waals surface area contributed by atoms with E-state index < -0.39 is 12.1 Å². The zero-order chi connectivity index (χ0) is 10.8. The van der Waals surface area contributed by atoms with Crippen LogP contribution in [0, 0.1) is 0 Å². The highest BCUT2D eigenvalue weighted by molar-refractivity contribution is 6.00. The van der Waals surface area contributed by atoms with Gasteiger partial charge in [0.2, 0.25) is 0 Å². The van der Waals surface area contributed by atoms with Gasteiger partial charge in [0.25, 0.3) is 0 Å². The predicted molar refractivity (Wildman–Crippen MR) is 52.1 cm³/mol. The number of carboxylic acid groups (broad SMARTS) is 1. The summed E-state index contributed by atoms with van der Waals surface area (Å²) in [5.41, 5.74) is 0.541. The molecule has 78 valence electrons. The zero-order valence-electron chi connectivity index (χ0n) is 7.97. The normalized spacial score (nSPS) is 19.2. The van der Waals surface area contributed by atoms with E-state index in [2.05, 4.69) is 0 Å². The van der Waals surface area contributed by atoms with E-state index >= 15 is 0 Å². The van der Waals surface area contributed by atoms with Crippen LogP contribution < -0.4 is 4.74 Å². The molecule has 1 heterocycles. The molecular weight excluding hydrogens is 196 g/mol. The Hall–Kier alpha value is -1.84. The highest BCUT2D eigenvalue weighted by Gasteiger charge is 2.27. The van der Waals surface area contributed by atoms with Crippen LogP contribution in [0.1, 0.15) is 23.2 Å². The van der Waals surface area contributed by atoms with Crippen molar-refractivity contribution in [3.05, 3.63) is 29.8 Å². The molecule has 4 nitrogen and oxygen atoms in total. The highest BCUT2D eigenvalue weighted by Crippen LogP contribution is 2.28. The number of aliphatic carboxylic acids is 1. The lowest BCUT2D eigenvalue weighted by atomic mass is 9.99. The Bertz CT molecular complexity index is 411. The molecule has 0 fully saturated rings. The second-order valence-corrected chi connectivity index (χ2v) is 3.46. The summed E-state index contributed by atoms with van der Waals surface area (Å²) in [6, 6.07) is 6.89. The van der Waals surface area contributed by atoms with Gasteiger partial charge in [0.05, 0.1) is 12.0 Å². The van der Waals surface area contributed by atoms with Gasteiger partial charge in [0.15, 0.2) is 5.78 Å². The average molecular weight is 206 g/mol. The van der Waals surface area contributed by atoms with Gasteiger partial charge < -0.3 is 9.84 Å². The third-order valence-corrected chi connectivity index (χ3v) is 2.30. The van der Waals surface area contributed by atoms with Crippen LogP contribution in [0.15, 0.2) is 24.3 Å². The summed E-state index contributed by atoms with van der Waals surface area (Å²) in [5, 5.41) is 8.61. The molecule has 1 aliphatic rings. The van der Waals surface area contributed by atoms with Crippen LogP contribution in [0.4, 0.5) is 0 Å². The van der Waals surface area contributed by atoms with Gasteiger partial charge in [-0.1, -0.05) is 12.1 Å². The van der Waals surface area contributed by atoms with Gasteiger partial charge in [-0.3, -0.25) is 9.59 Å². The molecule has 1 aliphatic heterocycles. The standard InChI is InChI=1S/C11H10O4/c12-9-5-7(6-11(13)14)15-10-4-2-1-3-8(9)10/h1-4,7H,5-6H2,(H,13,14). The minimum atomic E-state index is -0.952. The smallest absolute Gasteiger partial charge is 0.307 e. The van der Waals surface area contributed by atoms with Crippen molar-refractivity contribution in [2.24, 2.45) is 0 Å². The van der Waals surface area contributed by atoms with Gasteiger partial charge in [-0.05, 0) is 12.1 Å². The summed E-state index contributed by atoms with van der Waals surface area (Å²) >= 11 is 0. The van der Waals surface area contributed by atoms with Crippen LogP contribution in [-0.4, -0.2) is 23.0 Å². The second-order valence-electron chi connectivity index (χ2n) is 3.46. The SMILES string of the molecule is O=C(O)CC1CC(=O)c2ccccc2O1. The first kappa shape index (κ1) is 9.71. The maximum atomic E-state index is 11.6. The highest BCUT2D eigenvalue weighted by atomic mass is 16.5. The van der Waals surface area contributed by atoms with E-state index in [9.17, 15) is 9.59 Å². The van der Waals surface area contributed by atoms with E-state index in [0.717, 1.165) is 0 Å². The molecule has 1 atom stereocenters. The lowest BCUT2D eigenvalue weighted by molar-refractivity contribution is -0.138. The molecular formula is C11H10O4. The van der Waals surface area contributed by atoms with Gasteiger partial charge in [0.1, 0.15) is 11.9 Å². The summed E-state index contributed by atoms with van der Waals surface area (Å²) in [4.78, 5) is 22.1.